The van der Waals surface area contributed by atoms with Crippen molar-refractivity contribution in [2.75, 3.05) is 18.4 Å². The molecule has 0 aliphatic carbocycles. The van der Waals surface area contributed by atoms with E-state index in [0.29, 0.717) is 17.4 Å². The van der Waals surface area contributed by atoms with Crippen LogP contribution in [-0.2, 0) is 4.79 Å². The maximum Gasteiger partial charge on any atom is 0.293 e. The summed E-state index contributed by atoms with van der Waals surface area (Å²) in [5.74, 6) is -0.157. The van der Waals surface area contributed by atoms with Crippen molar-refractivity contribution in [2.45, 2.75) is 19.8 Å². The summed E-state index contributed by atoms with van der Waals surface area (Å²) in [7, 11) is 0. The Bertz CT molecular complexity index is 542. The summed E-state index contributed by atoms with van der Waals surface area (Å²) in [6.45, 7) is 3.37. The molecule has 1 saturated heterocycles. The monoisotopic (exact) mass is 341 g/mol. The van der Waals surface area contributed by atoms with Gasteiger partial charge in [0.25, 0.3) is 5.69 Å². The Morgan fingerprint density at radius 3 is 2.90 bits per heavy atom. The van der Waals surface area contributed by atoms with E-state index in [1.54, 1.807) is 12.1 Å². The van der Waals surface area contributed by atoms with Crippen LogP contribution in [-0.4, -0.2) is 23.9 Å². The molecule has 0 saturated carbocycles. The third-order valence-corrected chi connectivity index (χ3v) is 4.30. The van der Waals surface area contributed by atoms with Gasteiger partial charge in [-0.2, -0.15) is 0 Å². The predicted octanol–water partition coefficient (Wildman–Crippen LogP) is 2.69. The van der Waals surface area contributed by atoms with Crippen LogP contribution in [0.1, 0.15) is 19.8 Å². The Kier molecular flexibility index (Phi) is 4.39. The van der Waals surface area contributed by atoms with Crippen LogP contribution in [0.15, 0.2) is 22.7 Å². The first-order chi connectivity index (χ1) is 9.48. The number of nitro benzene ring substituents is 1. The number of hydrogen-bond donors (Lipinski definition) is 2. The summed E-state index contributed by atoms with van der Waals surface area (Å²) in [5, 5.41) is 16.9. The van der Waals surface area contributed by atoms with Crippen molar-refractivity contribution in [3.05, 3.63) is 32.8 Å². The smallest absolute Gasteiger partial charge is 0.293 e. The van der Waals surface area contributed by atoms with Gasteiger partial charge in [-0.15, -0.1) is 0 Å². The Labute approximate surface area is 125 Å². The van der Waals surface area contributed by atoms with Crippen molar-refractivity contribution >= 4 is 33.2 Å². The summed E-state index contributed by atoms with van der Waals surface area (Å²) in [4.78, 5) is 23.0. The van der Waals surface area contributed by atoms with E-state index in [1.165, 1.54) is 6.07 Å². The molecular weight excluding hydrogens is 326 g/mol. The number of carbonyl (C=O) groups is 1. The zero-order chi connectivity index (χ0) is 14.8. The first-order valence-corrected chi connectivity index (χ1v) is 7.24. The maximum absolute atomic E-state index is 12.4. The van der Waals surface area contributed by atoms with E-state index >= 15 is 0 Å². The molecule has 1 unspecified atom stereocenters. The van der Waals surface area contributed by atoms with E-state index in [1.807, 2.05) is 6.92 Å². The standard InChI is InChI=1S/C13H16BrN3O3/c1-2-13(5-6-15-8-13)12(18)16-10-4-3-9(14)7-11(10)17(19)20/h3-4,7,15H,2,5-6,8H2,1H3,(H,16,18). The van der Waals surface area contributed by atoms with Crippen LogP contribution in [0.25, 0.3) is 0 Å². The molecule has 0 bridgehead atoms. The van der Waals surface area contributed by atoms with Crippen LogP contribution in [0.3, 0.4) is 0 Å². The average molecular weight is 342 g/mol. The SMILES string of the molecule is CCC1(C(=O)Nc2ccc(Br)cc2[N+](=O)[O-])CCNC1. The van der Waals surface area contributed by atoms with Gasteiger partial charge in [0.05, 0.1) is 10.3 Å². The second-order valence-electron chi connectivity index (χ2n) is 4.93. The molecule has 1 atom stereocenters. The zero-order valence-corrected chi connectivity index (χ0v) is 12.7. The summed E-state index contributed by atoms with van der Waals surface area (Å²) >= 11 is 3.19. The first-order valence-electron chi connectivity index (χ1n) is 6.44. The number of hydrogen-bond acceptors (Lipinski definition) is 4. The lowest BCUT2D eigenvalue weighted by molar-refractivity contribution is -0.384. The highest BCUT2D eigenvalue weighted by molar-refractivity contribution is 9.10. The van der Waals surface area contributed by atoms with Gasteiger partial charge in [0.15, 0.2) is 0 Å². The number of nitrogens with one attached hydrogen (secondary N) is 2. The molecule has 20 heavy (non-hydrogen) atoms. The molecule has 1 aromatic rings. The summed E-state index contributed by atoms with van der Waals surface area (Å²) in [6.07, 6.45) is 1.45. The third kappa shape index (κ3) is 2.83. The van der Waals surface area contributed by atoms with Crippen molar-refractivity contribution in [2.24, 2.45) is 5.41 Å². The number of carbonyl (C=O) groups excluding carboxylic acids is 1. The highest BCUT2D eigenvalue weighted by Crippen LogP contribution is 2.33. The van der Waals surface area contributed by atoms with Gasteiger partial charge >= 0.3 is 0 Å². The minimum Gasteiger partial charge on any atom is -0.320 e. The number of rotatable bonds is 4. The molecule has 0 spiro atoms. The van der Waals surface area contributed by atoms with Crippen LogP contribution in [0.4, 0.5) is 11.4 Å². The first kappa shape index (κ1) is 14.9. The fraction of sp³-hybridized carbons (Fsp3) is 0.462. The predicted molar refractivity (Wildman–Crippen MR) is 79.6 cm³/mol. The Morgan fingerprint density at radius 1 is 1.60 bits per heavy atom. The minimum absolute atomic E-state index is 0.107. The molecule has 1 aliphatic rings. The summed E-state index contributed by atoms with van der Waals surface area (Å²) in [6, 6.07) is 4.61. The fourth-order valence-electron chi connectivity index (χ4n) is 2.42. The molecule has 1 aromatic carbocycles. The van der Waals surface area contributed by atoms with Crippen molar-refractivity contribution in [3.8, 4) is 0 Å². The molecule has 0 aromatic heterocycles. The van der Waals surface area contributed by atoms with Gasteiger partial charge in [0.2, 0.25) is 5.91 Å². The minimum atomic E-state index is -0.494. The Balaban J connectivity index is 2.25. The lowest BCUT2D eigenvalue weighted by Crippen LogP contribution is -2.37. The molecular formula is C13H16BrN3O3. The number of benzene rings is 1. The fourth-order valence-corrected chi connectivity index (χ4v) is 2.77. The van der Waals surface area contributed by atoms with Crippen molar-refractivity contribution in [3.63, 3.8) is 0 Å². The molecule has 7 heteroatoms. The third-order valence-electron chi connectivity index (χ3n) is 3.81. The van der Waals surface area contributed by atoms with E-state index in [4.69, 9.17) is 0 Å². The second kappa shape index (κ2) is 5.88. The van der Waals surface area contributed by atoms with Gasteiger partial charge in [-0.25, -0.2) is 0 Å². The highest BCUT2D eigenvalue weighted by Gasteiger charge is 2.40. The van der Waals surface area contributed by atoms with Gasteiger partial charge in [0.1, 0.15) is 5.69 Å². The van der Waals surface area contributed by atoms with Crippen LogP contribution >= 0.6 is 15.9 Å². The number of amides is 1. The van der Waals surface area contributed by atoms with Crippen LogP contribution in [0, 0.1) is 15.5 Å². The van der Waals surface area contributed by atoms with E-state index in [2.05, 4.69) is 26.6 Å². The van der Waals surface area contributed by atoms with Crippen LogP contribution in [0.2, 0.25) is 0 Å². The Morgan fingerprint density at radius 2 is 2.35 bits per heavy atom. The van der Waals surface area contributed by atoms with E-state index in [9.17, 15) is 14.9 Å². The molecule has 0 radical (unpaired) electrons. The number of nitrogens with zero attached hydrogens (tertiary/aromatic N) is 1. The molecule has 6 nitrogen and oxygen atoms in total. The van der Waals surface area contributed by atoms with Crippen molar-refractivity contribution in [1.29, 1.82) is 0 Å². The second-order valence-corrected chi connectivity index (χ2v) is 5.85. The van der Waals surface area contributed by atoms with E-state index in [0.717, 1.165) is 13.0 Å². The lowest BCUT2D eigenvalue weighted by atomic mass is 9.83. The van der Waals surface area contributed by atoms with E-state index < -0.39 is 10.3 Å². The summed E-state index contributed by atoms with van der Waals surface area (Å²) in [5.41, 5.74) is -0.339. The molecule has 1 amide bonds. The highest BCUT2D eigenvalue weighted by atomic mass is 79.9. The van der Waals surface area contributed by atoms with Gasteiger partial charge in [-0.3, -0.25) is 14.9 Å². The molecule has 1 fully saturated rings. The summed E-state index contributed by atoms with van der Waals surface area (Å²) < 4.78 is 0.606. The molecule has 2 rings (SSSR count). The van der Waals surface area contributed by atoms with E-state index in [-0.39, 0.29) is 17.3 Å². The van der Waals surface area contributed by atoms with Gasteiger partial charge in [0, 0.05) is 17.1 Å². The van der Waals surface area contributed by atoms with Crippen molar-refractivity contribution < 1.29 is 9.72 Å². The van der Waals surface area contributed by atoms with Crippen LogP contribution < -0.4 is 10.6 Å². The van der Waals surface area contributed by atoms with Gasteiger partial charge < -0.3 is 10.6 Å². The average Bonchev–Trinajstić information content (AvgIpc) is 2.90. The number of halogens is 1. The van der Waals surface area contributed by atoms with Crippen molar-refractivity contribution in [1.82, 2.24) is 5.32 Å². The Hall–Kier alpha value is -1.47. The lowest BCUT2D eigenvalue weighted by Gasteiger charge is -2.25. The molecule has 2 N–H and O–H groups in total. The molecule has 1 heterocycles. The largest absolute Gasteiger partial charge is 0.320 e. The normalized spacial score (nSPS) is 21.7. The topological polar surface area (TPSA) is 84.3 Å². The quantitative estimate of drug-likeness (QED) is 0.651. The molecule has 108 valence electrons. The van der Waals surface area contributed by atoms with Gasteiger partial charge in [-0.05, 0) is 31.5 Å². The maximum atomic E-state index is 12.4. The number of nitro groups is 1. The molecule has 1 aliphatic heterocycles. The zero-order valence-electron chi connectivity index (χ0n) is 11.1. The number of anilines is 1. The van der Waals surface area contributed by atoms with Crippen LogP contribution in [0.5, 0.6) is 0 Å². The van der Waals surface area contributed by atoms with Gasteiger partial charge in [-0.1, -0.05) is 22.9 Å².